The molecule has 1 aromatic heterocycles. The maximum Gasteiger partial charge on any atom is 0.414 e. The fourth-order valence-electron chi connectivity index (χ4n) is 2.26. The smallest absolute Gasteiger partial charge is 0.414 e. The van der Waals surface area contributed by atoms with Gasteiger partial charge in [-0.05, 0) is 30.4 Å². The zero-order valence-electron chi connectivity index (χ0n) is 12.1. The Kier molecular flexibility index (Phi) is 3.74. The third kappa shape index (κ3) is 2.76. The first-order valence-corrected chi connectivity index (χ1v) is 6.90. The molecule has 1 fully saturated rings. The van der Waals surface area contributed by atoms with Gasteiger partial charge in [0, 0.05) is 24.5 Å². The van der Waals surface area contributed by atoms with Crippen molar-refractivity contribution in [3.05, 3.63) is 53.9 Å². The average molecular weight is 297 g/mol. The van der Waals surface area contributed by atoms with Crippen LogP contribution in [0.1, 0.15) is 16.1 Å². The molecule has 1 aliphatic rings. The van der Waals surface area contributed by atoms with E-state index in [1.165, 1.54) is 11.0 Å². The molecule has 6 heteroatoms. The summed E-state index contributed by atoms with van der Waals surface area (Å²) in [6, 6.07) is 8.78. The van der Waals surface area contributed by atoms with E-state index in [1.54, 1.807) is 41.2 Å². The van der Waals surface area contributed by atoms with Gasteiger partial charge in [0.05, 0.1) is 12.2 Å². The van der Waals surface area contributed by atoms with Gasteiger partial charge < -0.3 is 4.74 Å². The van der Waals surface area contributed by atoms with E-state index < -0.39 is 0 Å². The van der Waals surface area contributed by atoms with Crippen molar-refractivity contribution in [2.75, 3.05) is 18.1 Å². The molecule has 22 heavy (non-hydrogen) atoms. The van der Waals surface area contributed by atoms with Crippen LogP contribution in [0.25, 0.3) is 6.08 Å². The van der Waals surface area contributed by atoms with E-state index in [0.29, 0.717) is 24.4 Å². The van der Waals surface area contributed by atoms with Crippen molar-refractivity contribution in [2.45, 2.75) is 0 Å². The van der Waals surface area contributed by atoms with Gasteiger partial charge in [0.25, 0.3) is 0 Å². The van der Waals surface area contributed by atoms with Crippen molar-refractivity contribution in [3.63, 3.8) is 0 Å². The molecule has 0 radical (unpaired) electrons. The number of allylic oxidation sites excluding steroid dienone is 1. The standard InChI is InChI=1S/C16H15N3O3/c1-18-13(7-8-17-18)5-6-15(20)12-3-2-4-14(11-12)19-9-10-22-16(19)21/h2-8,11H,9-10H2,1H3/b6-5+. The number of aryl methyl sites for hydroxylation is 1. The molecule has 1 aromatic carbocycles. The summed E-state index contributed by atoms with van der Waals surface area (Å²) in [5, 5.41) is 4.04. The monoisotopic (exact) mass is 297 g/mol. The Morgan fingerprint density at radius 3 is 2.91 bits per heavy atom. The van der Waals surface area contributed by atoms with Crippen LogP contribution in [0.4, 0.5) is 10.5 Å². The van der Waals surface area contributed by atoms with Gasteiger partial charge in [-0.1, -0.05) is 12.1 Å². The van der Waals surface area contributed by atoms with E-state index in [-0.39, 0.29) is 11.9 Å². The van der Waals surface area contributed by atoms with Gasteiger partial charge in [-0.2, -0.15) is 5.10 Å². The van der Waals surface area contributed by atoms with Gasteiger partial charge in [-0.15, -0.1) is 0 Å². The third-order valence-electron chi connectivity index (χ3n) is 3.47. The lowest BCUT2D eigenvalue weighted by Crippen LogP contribution is -2.23. The summed E-state index contributed by atoms with van der Waals surface area (Å²) in [6.45, 7) is 0.874. The van der Waals surface area contributed by atoms with E-state index in [2.05, 4.69) is 5.10 Å². The van der Waals surface area contributed by atoms with Crippen LogP contribution >= 0.6 is 0 Å². The number of nitrogens with zero attached hydrogens (tertiary/aromatic N) is 3. The summed E-state index contributed by atoms with van der Waals surface area (Å²) >= 11 is 0. The second-order valence-electron chi connectivity index (χ2n) is 4.89. The minimum absolute atomic E-state index is 0.129. The summed E-state index contributed by atoms with van der Waals surface area (Å²) in [5.74, 6) is -0.129. The van der Waals surface area contributed by atoms with Crippen molar-refractivity contribution in [2.24, 2.45) is 7.05 Å². The molecule has 3 rings (SSSR count). The van der Waals surface area contributed by atoms with E-state index in [0.717, 1.165) is 5.69 Å². The molecular weight excluding hydrogens is 282 g/mol. The van der Waals surface area contributed by atoms with Gasteiger partial charge in [-0.3, -0.25) is 14.4 Å². The van der Waals surface area contributed by atoms with Crippen LogP contribution in [0, 0.1) is 0 Å². The molecule has 0 bridgehead atoms. The van der Waals surface area contributed by atoms with Crippen molar-refractivity contribution in [3.8, 4) is 0 Å². The van der Waals surface area contributed by atoms with Gasteiger partial charge >= 0.3 is 6.09 Å². The number of amides is 1. The Bertz CT molecular complexity index is 749. The number of hydrogen-bond donors (Lipinski definition) is 0. The number of aromatic nitrogens is 2. The zero-order valence-corrected chi connectivity index (χ0v) is 12.1. The maximum absolute atomic E-state index is 12.2. The second-order valence-corrected chi connectivity index (χ2v) is 4.89. The lowest BCUT2D eigenvalue weighted by Gasteiger charge is -2.13. The van der Waals surface area contributed by atoms with Gasteiger partial charge in [0.15, 0.2) is 5.78 Å². The number of ether oxygens (including phenoxy) is 1. The van der Waals surface area contributed by atoms with Gasteiger partial charge in [0.2, 0.25) is 0 Å². The summed E-state index contributed by atoms with van der Waals surface area (Å²) in [4.78, 5) is 25.3. The number of carbonyl (C=O) groups is 2. The lowest BCUT2D eigenvalue weighted by atomic mass is 10.1. The number of benzene rings is 1. The first-order valence-electron chi connectivity index (χ1n) is 6.90. The first kappa shape index (κ1) is 14.1. The van der Waals surface area contributed by atoms with E-state index >= 15 is 0 Å². The normalized spacial score (nSPS) is 14.6. The number of hydrogen-bond acceptors (Lipinski definition) is 4. The van der Waals surface area contributed by atoms with Crippen LogP contribution in [0.2, 0.25) is 0 Å². The highest BCUT2D eigenvalue weighted by molar-refractivity contribution is 6.07. The van der Waals surface area contributed by atoms with Crippen LogP contribution in [-0.4, -0.2) is 34.8 Å². The second kappa shape index (κ2) is 5.85. The molecule has 2 heterocycles. The number of ketones is 1. The quantitative estimate of drug-likeness (QED) is 0.641. The minimum Gasteiger partial charge on any atom is -0.447 e. The fraction of sp³-hybridized carbons (Fsp3) is 0.188. The molecule has 112 valence electrons. The summed E-state index contributed by atoms with van der Waals surface area (Å²) in [6.07, 6.45) is 4.50. The maximum atomic E-state index is 12.2. The van der Waals surface area contributed by atoms with Crippen molar-refractivity contribution >= 4 is 23.6 Å². The van der Waals surface area contributed by atoms with Crippen molar-refractivity contribution < 1.29 is 14.3 Å². The van der Waals surface area contributed by atoms with E-state index in [4.69, 9.17) is 4.74 Å². The highest BCUT2D eigenvalue weighted by atomic mass is 16.6. The lowest BCUT2D eigenvalue weighted by molar-refractivity contribution is 0.104. The zero-order chi connectivity index (χ0) is 15.5. The van der Waals surface area contributed by atoms with Crippen LogP contribution in [0.15, 0.2) is 42.6 Å². The van der Waals surface area contributed by atoms with E-state index in [9.17, 15) is 9.59 Å². The predicted molar refractivity (Wildman–Crippen MR) is 81.7 cm³/mol. The van der Waals surface area contributed by atoms with Crippen LogP contribution < -0.4 is 4.90 Å². The van der Waals surface area contributed by atoms with Gasteiger partial charge in [0.1, 0.15) is 6.61 Å². The van der Waals surface area contributed by atoms with Crippen LogP contribution in [-0.2, 0) is 11.8 Å². The predicted octanol–water partition coefficient (Wildman–Crippen LogP) is 2.27. The highest BCUT2D eigenvalue weighted by Gasteiger charge is 2.23. The molecule has 0 aliphatic carbocycles. The summed E-state index contributed by atoms with van der Waals surface area (Å²) in [7, 11) is 1.81. The molecule has 1 aliphatic heterocycles. The SMILES string of the molecule is Cn1nccc1/C=C/C(=O)c1cccc(N2CCOC2=O)c1. The largest absolute Gasteiger partial charge is 0.447 e. The minimum atomic E-state index is -0.380. The molecule has 0 N–H and O–H groups in total. The average Bonchev–Trinajstić information content (AvgIpc) is 3.13. The Labute approximate surface area is 127 Å². The van der Waals surface area contributed by atoms with Crippen molar-refractivity contribution in [1.29, 1.82) is 0 Å². The van der Waals surface area contributed by atoms with Crippen LogP contribution in [0.5, 0.6) is 0 Å². The number of rotatable bonds is 4. The molecule has 0 spiro atoms. The van der Waals surface area contributed by atoms with Gasteiger partial charge in [-0.25, -0.2) is 4.79 Å². The molecule has 1 saturated heterocycles. The molecule has 1 amide bonds. The highest BCUT2D eigenvalue weighted by Crippen LogP contribution is 2.20. The summed E-state index contributed by atoms with van der Waals surface area (Å²) in [5.41, 5.74) is 2.03. The molecular formula is C16H15N3O3. The van der Waals surface area contributed by atoms with E-state index in [1.807, 2.05) is 13.1 Å². The molecule has 6 nitrogen and oxygen atoms in total. The summed E-state index contributed by atoms with van der Waals surface area (Å²) < 4.78 is 6.59. The van der Waals surface area contributed by atoms with Crippen molar-refractivity contribution in [1.82, 2.24) is 9.78 Å². The molecule has 0 unspecified atom stereocenters. The fourth-order valence-corrected chi connectivity index (χ4v) is 2.26. The van der Waals surface area contributed by atoms with Crippen LogP contribution in [0.3, 0.4) is 0 Å². The number of anilines is 1. The molecule has 0 atom stereocenters. The molecule has 2 aromatic rings. The third-order valence-corrected chi connectivity index (χ3v) is 3.47. The number of carbonyl (C=O) groups excluding carboxylic acids is 2. The Balaban J connectivity index is 1.80. The topological polar surface area (TPSA) is 64.4 Å². The Morgan fingerprint density at radius 2 is 2.23 bits per heavy atom. The molecule has 0 saturated carbocycles. The number of cyclic esters (lactones) is 1. The first-order chi connectivity index (χ1) is 10.6. The Hall–Kier alpha value is -2.89. The Morgan fingerprint density at radius 1 is 1.36 bits per heavy atom.